The number of aromatic nitrogens is 3. The highest BCUT2D eigenvalue weighted by Crippen LogP contribution is 2.16. The van der Waals surface area contributed by atoms with Crippen LogP contribution >= 0.6 is 0 Å². The second kappa shape index (κ2) is 6.19. The molecule has 3 rings (SSSR count). The summed E-state index contributed by atoms with van der Waals surface area (Å²) in [6, 6.07) is 1.67. The van der Waals surface area contributed by atoms with E-state index in [1.165, 1.54) is 6.20 Å². The van der Waals surface area contributed by atoms with E-state index in [4.69, 9.17) is 9.47 Å². The Hall–Kier alpha value is -1.99. The fraction of sp³-hybridized carbons (Fsp3) is 0.429. The van der Waals surface area contributed by atoms with Crippen molar-refractivity contribution in [3.63, 3.8) is 0 Å². The first-order valence-electron chi connectivity index (χ1n) is 6.77. The van der Waals surface area contributed by atoms with Crippen LogP contribution in [0.15, 0.2) is 30.9 Å². The summed E-state index contributed by atoms with van der Waals surface area (Å²) in [7, 11) is 1.83. The quantitative estimate of drug-likeness (QED) is 0.887. The molecule has 2 atom stereocenters. The third-order valence-corrected chi connectivity index (χ3v) is 3.41. The highest BCUT2D eigenvalue weighted by molar-refractivity contribution is 5.14. The Morgan fingerprint density at radius 2 is 2.38 bits per heavy atom. The molecule has 0 aliphatic carbocycles. The number of pyridine rings is 1. The molecule has 1 aliphatic rings. The highest BCUT2D eigenvalue weighted by Gasteiger charge is 2.30. The van der Waals surface area contributed by atoms with E-state index >= 15 is 0 Å². The zero-order valence-corrected chi connectivity index (χ0v) is 11.7. The van der Waals surface area contributed by atoms with Crippen LogP contribution in [0.4, 0.5) is 4.39 Å². The van der Waals surface area contributed by atoms with Gasteiger partial charge in [0.2, 0.25) is 0 Å². The van der Waals surface area contributed by atoms with Gasteiger partial charge in [-0.25, -0.2) is 4.39 Å². The summed E-state index contributed by atoms with van der Waals surface area (Å²) in [4.78, 5) is 3.74. The van der Waals surface area contributed by atoms with Crippen molar-refractivity contribution in [2.24, 2.45) is 7.05 Å². The molecule has 7 heteroatoms. The number of nitrogens with one attached hydrogen (secondary N) is 1. The fourth-order valence-electron chi connectivity index (χ4n) is 2.26. The van der Waals surface area contributed by atoms with E-state index in [0.717, 1.165) is 0 Å². The van der Waals surface area contributed by atoms with Crippen LogP contribution in [0.2, 0.25) is 0 Å². The van der Waals surface area contributed by atoms with Crippen LogP contribution < -0.4 is 10.1 Å². The summed E-state index contributed by atoms with van der Waals surface area (Å²) in [6.07, 6.45) is 6.15. The van der Waals surface area contributed by atoms with Crippen molar-refractivity contribution >= 4 is 0 Å². The normalized spacial score (nSPS) is 21.6. The van der Waals surface area contributed by atoms with Gasteiger partial charge >= 0.3 is 0 Å². The van der Waals surface area contributed by atoms with Crippen LogP contribution in [-0.2, 0) is 18.3 Å². The molecule has 6 nitrogen and oxygen atoms in total. The Morgan fingerprint density at radius 1 is 1.48 bits per heavy atom. The first kappa shape index (κ1) is 14.0. The van der Waals surface area contributed by atoms with Gasteiger partial charge in [0.1, 0.15) is 11.9 Å². The lowest BCUT2D eigenvalue weighted by atomic mass is 10.2. The minimum absolute atomic E-state index is 0.0118. The molecular formula is C14H17FN4O2. The molecule has 3 heterocycles. The Morgan fingerprint density at radius 3 is 3.14 bits per heavy atom. The summed E-state index contributed by atoms with van der Waals surface area (Å²) in [5, 5.41) is 7.33. The average Bonchev–Trinajstić information content (AvgIpc) is 3.08. The summed E-state index contributed by atoms with van der Waals surface area (Å²) < 4.78 is 26.5. The van der Waals surface area contributed by atoms with Crippen molar-refractivity contribution in [2.75, 3.05) is 13.2 Å². The van der Waals surface area contributed by atoms with E-state index in [9.17, 15) is 4.39 Å². The summed E-state index contributed by atoms with van der Waals surface area (Å²) in [5.74, 6) is 0.392. The van der Waals surface area contributed by atoms with E-state index in [2.05, 4.69) is 15.4 Å². The van der Waals surface area contributed by atoms with Gasteiger partial charge in [-0.1, -0.05) is 0 Å². The molecule has 1 aliphatic heterocycles. The molecule has 0 aromatic carbocycles. The molecule has 0 spiro atoms. The van der Waals surface area contributed by atoms with Crippen molar-refractivity contribution in [2.45, 2.75) is 18.7 Å². The summed E-state index contributed by atoms with van der Waals surface area (Å²) >= 11 is 0. The smallest absolute Gasteiger partial charge is 0.157 e. The zero-order chi connectivity index (χ0) is 14.7. The number of halogens is 1. The van der Waals surface area contributed by atoms with Gasteiger partial charge < -0.3 is 14.8 Å². The van der Waals surface area contributed by atoms with Crippen LogP contribution in [0, 0.1) is 5.82 Å². The van der Waals surface area contributed by atoms with Crippen molar-refractivity contribution in [1.82, 2.24) is 20.1 Å². The van der Waals surface area contributed by atoms with Gasteiger partial charge in [-0.15, -0.1) is 0 Å². The molecule has 1 N–H and O–H groups in total. The summed E-state index contributed by atoms with van der Waals surface area (Å²) in [5.41, 5.74) is 0.581. The lowest BCUT2D eigenvalue weighted by Gasteiger charge is -2.19. The maximum Gasteiger partial charge on any atom is 0.157 e. The van der Waals surface area contributed by atoms with Crippen LogP contribution in [0.5, 0.6) is 5.75 Å². The zero-order valence-electron chi connectivity index (χ0n) is 11.7. The molecule has 0 radical (unpaired) electrons. The van der Waals surface area contributed by atoms with E-state index in [0.29, 0.717) is 31.1 Å². The monoisotopic (exact) mass is 292 g/mol. The molecule has 0 unspecified atom stereocenters. The predicted octanol–water partition coefficient (Wildman–Crippen LogP) is 0.890. The molecule has 0 saturated carbocycles. The third kappa shape index (κ3) is 3.37. The van der Waals surface area contributed by atoms with Gasteiger partial charge in [-0.2, -0.15) is 5.10 Å². The topological polar surface area (TPSA) is 61.2 Å². The molecular weight excluding hydrogens is 275 g/mol. The number of hydrogen-bond donors (Lipinski definition) is 1. The second-order valence-electron chi connectivity index (χ2n) is 5.00. The van der Waals surface area contributed by atoms with Crippen molar-refractivity contribution in [1.29, 1.82) is 0 Å². The number of rotatable bonds is 5. The minimum atomic E-state index is -0.311. The first-order valence-corrected chi connectivity index (χ1v) is 6.77. The highest BCUT2D eigenvalue weighted by atomic mass is 19.1. The predicted molar refractivity (Wildman–Crippen MR) is 73.3 cm³/mol. The second-order valence-corrected chi connectivity index (χ2v) is 5.00. The molecule has 1 fully saturated rings. The molecule has 1 saturated heterocycles. The molecule has 112 valence electrons. The van der Waals surface area contributed by atoms with Gasteiger partial charge in [-0.3, -0.25) is 9.67 Å². The molecule has 21 heavy (non-hydrogen) atoms. The Labute approximate surface area is 121 Å². The molecule has 2 aromatic heterocycles. The number of nitrogens with zero attached hydrogens (tertiary/aromatic N) is 3. The van der Waals surface area contributed by atoms with Crippen molar-refractivity contribution in [3.8, 4) is 5.75 Å². The number of ether oxygens (including phenoxy) is 2. The van der Waals surface area contributed by atoms with Crippen molar-refractivity contribution in [3.05, 3.63) is 42.2 Å². The van der Waals surface area contributed by atoms with E-state index in [1.54, 1.807) is 29.3 Å². The lowest BCUT2D eigenvalue weighted by Crippen LogP contribution is -2.41. The number of aryl methyl sites for hydroxylation is 1. The van der Waals surface area contributed by atoms with Crippen LogP contribution in [0.3, 0.4) is 0 Å². The van der Waals surface area contributed by atoms with Crippen LogP contribution in [0.1, 0.15) is 5.56 Å². The fourth-order valence-corrected chi connectivity index (χ4v) is 2.26. The Balaban J connectivity index is 1.58. The SMILES string of the molecule is Cn1cc(O[C@@H]2COC[C@@H]2NCc2ccncc2F)cn1. The number of hydrogen-bond acceptors (Lipinski definition) is 5. The molecule has 2 aromatic rings. The van der Waals surface area contributed by atoms with E-state index < -0.39 is 0 Å². The largest absolute Gasteiger partial charge is 0.483 e. The van der Waals surface area contributed by atoms with Gasteiger partial charge in [0.25, 0.3) is 0 Å². The first-order chi connectivity index (χ1) is 10.2. The van der Waals surface area contributed by atoms with Gasteiger partial charge in [0.05, 0.1) is 37.8 Å². The van der Waals surface area contributed by atoms with Gasteiger partial charge in [0.15, 0.2) is 5.75 Å². The van der Waals surface area contributed by atoms with Gasteiger partial charge in [0, 0.05) is 25.4 Å². The van der Waals surface area contributed by atoms with Crippen LogP contribution in [-0.4, -0.2) is 40.1 Å². The summed E-state index contributed by atoms with van der Waals surface area (Å²) in [6.45, 7) is 1.46. The van der Waals surface area contributed by atoms with Gasteiger partial charge in [-0.05, 0) is 6.07 Å². The van der Waals surface area contributed by atoms with Crippen LogP contribution in [0.25, 0.3) is 0 Å². The third-order valence-electron chi connectivity index (χ3n) is 3.41. The maximum atomic E-state index is 13.5. The van der Waals surface area contributed by atoms with E-state index in [1.807, 2.05) is 7.05 Å². The Bertz CT molecular complexity index is 604. The standard InChI is InChI=1S/C14H17FN4O2/c1-19-7-11(5-18-19)21-14-9-20-8-13(14)17-4-10-2-3-16-6-12(10)15/h2-3,5-7,13-14,17H,4,8-9H2,1H3/t13-,14+/m0/s1. The molecule has 0 bridgehead atoms. The average molecular weight is 292 g/mol. The molecule has 0 amide bonds. The maximum absolute atomic E-state index is 13.5. The minimum Gasteiger partial charge on any atom is -0.483 e. The van der Waals surface area contributed by atoms with E-state index in [-0.39, 0.29) is 18.0 Å². The Kier molecular flexibility index (Phi) is 4.12. The van der Waals surface area contributed by atoms with Crippen molar-refractivity contribution < 1.29 is 13.9 Å². The lowest BCUT2D eigenvalue weighted by molar-refractivity contribution is 0.139.